The van der Waals surface area contributed by atoms with Crippen LogP contribution in [-0.2, 0) is 19.4 Å². The van der Waals surface area contributed by atoms with Crippen molar-refractivity contribution in [3.8, 4) is 0 Å². The van der Waals surface area contributed by atoms with Gasteiger partial charge in [-0.05, 0) is 18.8 Å². The molecule has 2 N–H and O–H groups in total. The van der Waals surface area contributed by atoms with Gasteiger partial charge in [-0.1, -0.05) is 0 Å². The standard InChI is InChI=1S/C10H17NO5S/c1-17(15,16)5-4-9(12)11-8(6-10(13)14)7-2-3-7/h7-8H,2-6H2,1H3,(H,11,12)(H,13,14). The third kappa shape index (κ3) is 6.25. The SMILES string of the molecule is CS(=O)(=O)CCC(=O)NC(CC(=O)O)C1CC1. The maximum atomic E-state index is 11.4. The smallest absolute Gasteiger partial charge is 0.305 e. The second-order valence-corrected chi connectivity index (χ2v) is 6.75. The van der Waals surface area contributed by atoms with Gasteiger partial charge in [0.1, 0.15) is 9.84 Å². The fourth-order valence-electron chi connectivity index (χ4n) is 1.58. The van der Waals surface area contributed by atoms with E-state index in [1.165, 1.54) is 0 Å². The molecule has 0 heterocycles. The Morgan fingerprint density at radius 1 is 1.41 bits per heavy atom. The molecule has 1 aliphatic carbocycles. The second-order valence-electron chi connectivity index (χ2n) is 4.49. The maximum Gasteiger partial charge on any atom is 0.305 e. The van der Waals surface area contributed by atoms with Gasteiger partial charge in [-0.15, -0.1) is 0 Å². The van der Waals surface area contributed by atoms with Crippen molar-refractivity contribution in [3.63, 3.8) is 0 Å². The van der Waals surface area contributed by atoms with Crippen molar-refractivity contribution >= 4 is 21.7 Å². The van der Waals surface area contributed by atoms with Crippen molar-refractivity contribution in [2.75, 3.05) is 12.0 Å². The van der Waals surface area contributed by atoms with E-state index < -0.39 is 21.7 Å². The summed E-state index contributed by atoms with van der Waals surface area (Å²) < 4.78 is 21.7. The highest BCUT2D eigenvalue weighted by atomic mass is 32.2. The summed E-state index contributed by atoms with van der Waals surface area (Å²) in [5.41, 5.74) is 0. The number of amides is 1. The van der Waals surface area contributed by atoms with E-state index in [9.17, 15) is 18.0 Å². The van der Waals surface area contributed by atoms with Crippen LogP contribution in [0.1, 0.15) is 25.7 Å². The van der Waals surface area contributed by atoms with Gasteiger partial charge in [0, 0.05) is 18.7 Å². The van der Waals surface area contributed by atoms with Crippen molar-refractivity contribution in [1.29, 1.82) is 0 Å². The van der Waals surface area contributed by atoms with E-state index in [0.29, 0.717) is 0 Å². The Morgan fingerprint density at radius 3 is 2.41 bits per heavy atom. The van der Waals surface area contributed by atoms with Gasteiger partial charge in [0.05, 0.1) is 12.2 Å². The molecule has 0 bridgehead atoms. The number of nitrogens with one attached hydrogen (secondary N) is 1. The normalized spacial score (nSPS) is 17.5. The van der Waals surface area contributed by atoms with E-state index in [1.807, 2.05) is 0 Å². The number of carboxylic acid groups (broad SMARTS) is 1. The van der Waals surface area contributed by atoms with E-state index in [1.54, 1.807) is 0 Å². The van der Waals surface area contributed by atoms with Gasteiger partial charge < -0.3 is 10.4 Å². The van der Waals surface area contributed by atoms with Gasteiger partial charge in [0.25, 0.3) is 0 Å². The Labute approximate surface area is 100 Å². The highest BCUT2D eigenvalue weighted by molar-refractivity contribution is 7.90. The lowest BCUT2D eigenvalue weighted by molar-refractivity contribution is -0.137. The number of hydrogen-bond acceptors (Lipinski definition) is 4. The maximum absolute atomic E-state index is 11.4. The van der Waals surface area contributed by atoms with E-state index in [0.717, 1.165) is 19.1 Å². The molecule has 0 aromatic heterocycles. The average Bonchev–Trinajstić information content (AvgIpc) is 2.94. The van der Waals surface area contributed by atoms with Crippen LogP contribution in [0, 0.1) is 5.92 Å². The van der Waals surface area contributed by atoms with Crippen LogP contribution in [0.5, 0.6) is 0 Å². The van der Waals surface area contributed by atoms with Crippen molar-refractivity contribution in [2.45, 2.75) is 31.7 Å². The molecule has 0 aromatic carbocycles. The number of carboxylic acids is 1. The molecule has 1 atom stereocenters. The number of rotatable bonds is 7. The van der Waals surface area contributed by atoms with Crippen molar-refractivity contribution in [2.24, 2.45) is 5.92 Å². The van der Waals surface area contributed by atoms with E-state index in [-0.39, 0.29) is 30.6 Å². The highest BCUT2D eigenvalue weighted by Crippen LogP contribution is 2.34. The summed E-state index contributed by atoms with van der Waals surface area (Å²) in [5.74, 6) is -1.32. The van der Waals surface area contributed by atoms with Gasteiger partial charge in [-0.25, -0.2) is 8.42 Å². The van der Waals surface area contributed by atoms with Gasteiger partial charge in [0.15, 0.2) is 0 Å². The first-order chi connectivity index (χ1) is 7.78. The molecule has 0 aliphatic heterocycles. The number of sulfone groups is 1. The van der Waals surface area contributed by atoms with E-state index >= 15 is 0 Å². The topological polar surface area (TPSA) is 101 Å². The van der Waals surface area contributed by atoms with E-state index in [2.05, 4.69) is 5.32 Å². The minimum absolute atomic E-state index is 0.102. The Balaban J connectivity index is 2.39. The number of carbonyl (C=O) groups is 2. The minimum Gasteiger partial charge on any atom is -0.481 e. The van der Waals surface area contributed by atoms with Crippen LogP contribution in [0.25, 0.3) is 0 Å². The number of aliphatic carboxylic acids is 1. The van der Waals surface area contributed by atoms with Crippen molar-refractivity contribution in [1.82, 2.24) is 5.32 Å². The first kappa shape index (κ1) is 14.0. The first-order valence-corrected chi connectivity index (χ1v) is 7.53. The molecule has 1 aliphatic rings. The van der Waals surface area contributed by atoms with Crippen molar-refractivity contribution < 1.29 is 23.1 Å². The lowest BCUT2D eigenvalue weighted by atomic mass is 10.1. The predicted molar refractivity (Wildman–Crippen MR) is 61.2 cm³/mol. The third-order valence-electron chi connectivity index (χ3n) is 2.63. The molecule has 0 spiro atoms. The molecular formula is C10H17NO5S. The Hall–Kier alpha value is -1.11. The fourth-order valence-corrected chi connectivity index (χ4v) is 2.14. The number of carbonyl (C=O) groups excluding carboxylic acids is 1. The second kappa shape index (κ2) is 5.48. The van der Waals surface area contributed by atoms with Crippen LogP contribution >= 0.6 is 0 Å². The summed E-state index contributed by atoms with van der Waals surface area (Å²) in [6.45, 7) is 0. The van der Waals surface area contributed by atoms with Gasteiger partial charge in [-0.3, -0.25) is 9.59 Å². The summed E-state index contributed by atoms with van der Waals surface area (Å²) in [4.78, 5) is 22.0. The van der Waals surface area contributed by atoms with Crippen LogP contribution in [-0.4, -0.2) is 43.5 Å². The van der Waals surface area contributed by atoms with Crippen LogP contribution in [0.15, 0.2) is 0 Å². The monoisotopic (exact) mass is 263 g/mol. The minimum atomic E-state index is -3.16. The summed E-state index contributed by atoms with van der Waals surface area (Å²) in [6, 6.07) is -0.362. The largest absolute Gasteiger partial charge is 0.481 e. The molecule has 1 rings (SSSR count). The summed E-state index contributed by atoms with van der Waals surface area (Å²) in [7, 11) is -3.16. The van der Waals surface area contributed by atoms with Crippen LogP contribution < -0.4 is 5.32 Å². The summed E-state index contributed by atoms with van der Waals surface area (Å²) >= 11 is 0. The number of hydrogen-bond donors (Lipinski definition) is 2. The molecule has 7 heteroatoms. The van der Waals surface area contributed by atoms with Crippen LogP contribution in [0.3, 0.4) is 0 Å². The van der Waals surface area contributed by atoms with Crippen LogP contribution in [0.4, 0.5) is 0 Å². The molecule has 1 unspecified atom stereocenters. The molecule has 0 aromatic rings. The molecule has 6 nitrogen and oxygen atoms in total. The van der Waals surface area contributed by atoms with E-state index in [4.69, 9.17) is 5.11 Å². The molecule has 17 heavy (non-hydrogen) atoms. The zero-order valence-corrected chi connectivity index (χ0v) is 10.5. The Kier molecular flexibility index (Phi) is 4.50. The molecule has 1 amide bonds. The molecule has 1 fully saturated rings. The lowest BCUT2D eigenvalue weighted by Crippen LogP contribution is -2.38. The predicted octanol–water partition coefficient (Wildman–Crippen LogP) is -0.209. The van der Waals surface area contributed by atoms with Gasteiger partial charge in [-0.2, -0.15) is 0 Å². The average molecular weight is 263 g/mol. The lowest BCUT2D eigenvalue weighted by Gasteiger charge is -2.15. The zero-order chi connectivity index (χ0) is 13.1. The quantitative estimate of drug-likeness (QED) is 0.662. The zero-order valence-electron chi connectivity index (χ0n) is 9.68. The summed E-state index contributed by atoms with van der Waals surface area (Å²) in [6.07, 6.45) is 2.70. The molecule has 1 saturated carbocycles. The Morgan fingerprint density at radius 2 is 2.00 bits per heavy atom. The molecular weight excluding hydrogens is 246 g/mol. The fraction of sp³-hybridized carbons (Fsp3) is 0.800. The first-order valence-electron chi connectivity index (χ1n) is 5.47. The summed E-state index contributed by atoms with van der Waals surface area (Å²) in [5, 5.41) is 11.3. The highest BCUT2D eigenvalue weighted by Gasteiger charge is 2.33. The van der Waals surface area contributed by atoms with Crippen molar-refractivity contribution in [3.05, 3.63) is 0 Å². The van der Waals surface area contributed by atoms with Gasteiger partial charge in [0.2, 0.25) is 5.91 Å². The Bertz CT molecular complexity index is 399. The third-order valence-corrected chi connectivity index (χ3v) is 3.58. The molecule has 0 saturated heterocycles. The van der Waals surface area contributed by atoms with Gasteiger partial charge >= 0.3 is 5.97 Å². The molecule has 0 radical (unpaired) electrons. The molecule has 98 valence electrons. The van der Waals surface area contributed by atoms with Crippen LogP contribution in [0.2, 0.25) is 0 Å².